The van der Waals surface area contributed by atoms with E-state index >= 15 is 0 Å². The molecule has 0 radical (unpaired) electrons. The summed E-state index contributed by atoms with van der Waals surface area (Å²) in [5.41, 5.74) is 4.19. The Hall–Kier alpha value is -3.01. The lowest BCUT2D eigenvalue weighted by Gasteiger charge is -2.30. The highest BCUT2D eigenvalue weighted by molar-refractivity contribution is 8.13. The average molecular weight is 940 g/mol. The van der Waals surface area contributed by atoms with Crippen molar-refractivity contribution in [2.75, 3.05) is 37.8 Å². The molecule has 1 aliphatic heterocycles. The summed E-state index contributed by atoms with van der Waals surface area (Å²) >= 11 is 0.889. The smallest absolute Gasteiger partial charge is 0.481 e. The van der Waals surface area contributed by atoms with Gasteiger partial charge in [0.15, 0.2) is 22.8 Å². The summed E-state index contributed by atoms with van der Waals surface area (Å²) in [7, 11) is -16.5. The van der Waals surface area contributed by atoms with Crippen LogP contribution in [0.2, 0.25) is 0 Å². The van der Waals surface area contributed by atoms with Gasteiger partial charge < -0.3 is 61.1 Å². The number of hydrogen-bond donors (Lipinski definition) is 11. The number of anilines is 1. The number of aromatic nitrogens is 4. The summed E-state index contributed by atoms with van der Waals surface area (Å²) in [4.78, 5) is 98.2. The molecule has 2 aromatic heterocycles. The molecule has 1 fully saturated rings. The molecule has 27 nitrogen and oxygen atoms in total. The number of nitrogens with zero attached hydrogens (tertiary/aromatic N) is 4. The number of imidazole rings is 1. The zero-order valence-electron chi connectivity index (χ0n) is 32.0. The molecule has 8 atom stereocenters. The van der Waals surface area contributed by atoms with Crippen molar-refractivity contribution in [2.45, 2.75) is 89.1 Å². The van der Waals surface area contributed by atoms with Crippen LogP contribution in [0.15, 0.2) is 12.7 Å². The fourth-order valence-electron chi connectivity index (χ4n) is 5.30. The normalized spacial score (nSPS) is 21.5. The largest absolute Gasteiger partial charge is 0.481 e. The lowest BCUT2D eigenvalue weighted by molar-refractivity contribution is -0.137. The molecule has 0 saturated carbocycles. The Morgan fingerprint density at radius 1 is 1.00 bits per heavy atom. The third kappa shape index (κ3) is 16.7. The van der Waals surface area contributed by atoms with Crippen LogP contribution in [0.3, 0.4) is 0 Å². The van der Waals surface area contributed by atoms with E-state index in [1.807, 2.05) is 0 Å². The van der Waals surface area contributed by atoms with Gasteiger partial charge in [0.05, 0.1) is 25.6 Å². The number of amides is 2. The Kier molecular flexibility index (Phi) is 19.1. The Balaban J connectivity index is 1.42. The first kappa shape index (κ1) is 51.3. The van der Waals surface area contributed by atoms with Crippen LogP contribution in [0.1, 0.15) is 58.6 Å². The van der Waals surface area contributed by atoms with Crippen LogP contribution in [0, 0.1) is 5.41 Å². The molecule has 1 saturated heterocycles. The number of carboxylic acid groups (broad SMARTS) is 1. The Bertz CT molecular complexity index is 1950. The van der Waals surface area contributed by atoms with E-state index < -0.39 is 96.6 Å². The molecule has 2 amide bonds. The van der Waals surface area contributed by atoms with Gasteiger partial charge >= 0.3 is 29.4 Å². The third-order valence-corrected chi connectivity index (χ3v) is 12.3. The number of aliphatic hydroxyl groups is 3. The monoisotopic (exact) mass is 939 g/mol. The lowest BCUT2D eigenvalue weighted by Crippen LogP contribution is -2.46. The van der Waals surface area contributed by atoms with Gasteiger partial charge in [0.25, 0.3) is 0 Å². The molecule has 0 spiro atoms. The molecule has 0 aromatic carbocycles. The number of thioether (sulfide) groups is 1. The number of unbranched alkanes of at least 4 members (excludes halogenated alkanes) is 1. The molecular formula is C29H48N7O20P3S. The second-order valence-corrected chi connectivity index (χ2v) is 19.2. The van der Waals surface area contributed by atoms with E-state index in [9.17, 15) is 67.8 Å². The number of nitrogen functional groups attached to an aromatic ring is 1. The molecule has 2 unspecified atom stereocenters. The van der Waals surface area contributed by atoms with E-state index in [0.717, 1.165) is 29.0 Å². The number of nitrogens with one attached hydrogen (secondary N) is 2. The van der Waals surface area contributed by atoms with Crippen LogP contribution >= 0.6 is 35.2 Å². The van der Waals surface area contributed by atoms with Crippen molar-refractivity contribution in [2.24, 2.45) is 5.41 Å². The number of phosphoric acid groups is 3. The first-order valence-electron chi connectivity index (χ1n) is 17.8. The minimum absolute atomic E-state index is 0.0177. The molecule has 1 aliphatic rings. The van der Waals surface area contributed by atoms with Crippen molar-refractivity contribution in [1.29, 1.82) is 0 Å². The standard InChI is InChI=1S/C29H48N7O20P3S/c1-29(2,24(43)27(44)32-8-7-18(38)31-9-10-60-20(41)11-16(37)5-3-4-6-19(39)40)13-53-59(50,51)56-58(48,49)52-12-17-23(55-57(45,46)47)22(42)28(54-17)36-15-35-21-25(30)33-14-34-26(21)36/h14-17,22-24,28,37,42-43H,3-13H2,1-2H3,(H,31,38)(H,32,44)(H,39,40)(H,48,49)(H,50,51)(H2,30,33,34)(H2,45,46,47)/t16-,17+,22+,23+,24-,28+/m0/s1. The van der Waals surface area contributed by atoms with Gasteiger partial charge in [-0.3, -0.25) is 37.3 Å². The number of hydrogen-bond acceptors (Lipinski definition) is 20. The van der Waals surface area contributed by atoms with Gasteiger partial charge in [-0.15, -0.1) is 0 Å². The van der Waals surface area contributed by atoms with Gasteiger partial charge in [0.2, 0.25) is 11.8 Å². The summed E-state index contributed by atoms with van der Waals surface area (Å²) in [6.45, 7) is 0.206. The van der Waals surface area contributed by atoms with Gasteiger partial charge in [-0.25, -0.2) is 28.6 Å². The van der Waals surface area contributed by atoms with Crippen LogP contribution in [-0.2, 0) is 55.5 Å². The molecular weight excluding hydrogens is 891 g/mol. The predicted molar refractivity (Wildman–Crippen MR) is 204 cm³/mol. The summed E-state index contributed by atoms with van der Waals surface area (Å²) in [6, 6.07) is 0. The molecule has 0 aliphatic carbocycles. The summed E-state index contributed by atoms with van der Waals surface area (Å²) in [5.74, 6) is -2.34. The molecule has 12 N–H and O–H groups in total. The Morgan fingerprint density at radius 3 is 2.35 bits per heavy atom. The number of aliphatic carboxylic acids is 1. The van der Waals surface area contributed by atoms with Gasteiger partial charge in [0, 0.05) is 43.5 Å². The summed E-state index contributed by atoms with van der Waals surface area (Å²) in [5, 5.41) is 44.5. The van der Waals surface area contributed by atoms with Crippen LogP contribution in [0.25, 0.3) is 11.2 Å². The predicted octanol–water partition coefficient (Wildman–Crippen LogP) is -0.939. The summed E-state index contributed by atoms with van der Waals surface area (Å²) in [6.07, 6.45) is -7.08. The fraction of sp³-hybridized carbons (Fsp3) is 0.690. The van der Waals surface area contributed by atoms with Crippen molar-refractivity contribution >= 4 is 75.1 Å². The van der Waals surface area contributed by atoms with Crippen LogP contribution in [0.5, 0.6) is 0 Å². The fourth-order valence-corrected chi connectivity index (χ4v) is 8.88. The zero-order valence-corrected chi connectivity index (χ0v) is 35.5. The number of carbonyl (C=O) groups is 4. The number of rotatable bonds is 26. The van der Waals surface area contributed by atoms with Crippen molar-refractivity contribution < 1.29 is 95.5 Å². The SMILES string of the molecule is CC(C)(COP(=O)(O)OP(=O)(O)OC[C@H]1O[C@@H](n2cnc3c(N)ncnc32)[C@H](O)[C@@H]1OP(=O)(O)O)[C@@H](O)C(=O)NCCC(=O)NCCSC(=O)C[C@@H](O)CCCCC(=O)O. The second kappa shape index (κ2) is 22.4. The second-order valence-electron chi connectivity index (χ2n) is 13.8. The first-order chi connectivity index (χ1) is 27.8. The number of carboxylic acids is 1. The van der Waals surface area contributed by atoms with E-state index in [2.05, 4.69) is 34.4 Å². The average Bonchev–Trinajstić information content (AvgIpc) is 3.69. The highest BCUT2D eigenvalue weighted by atomic mass is 32.2. The molecule has 3 heterocycles. The number of phosphoric ester groups is 3. The van der Waals surface area contributed by atoms with E-state index in [4.69, 9.17) is 24.6 Å². The lowest BCUT2D eigenvalue weighted by atomic mass is 9.87. The Morgan fingerprint density at radius 2 is 1.68 bits per heavy atom. The maximum atomic E-state index is 12.7. The van der Waals surface area contributed by atoms with Crippen molar-refractivity contribution in [1.82, 2.24) is 30.2 Å². The molecule has 31 heteroatoms. The van der Waals surface area contributed by atoms with Gasteiger partial charge in [-0.2, -0.15) is 4.31 Å². The van der Waals surface area contributed by atoms with Crippen molar-refractivity contribution in [3.63, 3.8) is 0 Å². The minimum atomic E-state index is -5.60. The third-order valence-electron chi connectivity index (χ3n) is 8.35. The number of nitrogens with two attached hydrogens (primary N) is 1. The van der Waals surface area contributed by atoms with Crippen molar-refractivity contribution in [3.8, 4) is 0 Å². The van der Waals surface area contributed by atoms with Gasteiger partial charge in [-0.05, 0) is 12.8 Å². The van der Waals surface area contributed by atoms with Crippen molar-refractivity contribution in [3.05, 3.63) is 12.7 Å². The number of carbonyl (C=O) groups excluding carboxylic acids is 3. The van der Waals surface area contributed by atoms with Gasteiger partial charge in [-0.1, -0.05) is 32.0 Å². The molecule has 2 aromatic rings. The molecule has 60 heavy (non-hydrogen) atoms. The topological polar surface area (TPSA) is 421 Å². The van der Waals surface area contributed by atoms with E-state index in [1.165, 1.54) is 13.8 Å². The zero-order chi connectivity index (χ0) is 45.1. The quantitative estimate of drug-likeness (QED) is 0.0400. The number of fused-ring (bicyclic) bond motifs is 1. The maximum Gasteiger partial charge on any atom is 0.481 e. The van der Waals surface area contributed by atoms with Crippen LogP contribution < -0.4 is 16.4 Å². The first-order valence-corrected chi connectivity index (χ1v) is 23.3. The maximum absolute atomic E-state index is 12.7. The number of ether oxygens (including phenoxy) is 1. The molecule has 340 valence electrons. The van der Waals surface area contributed by atoms with E-state index in [-0.39, 0.29) is 66.6 Å². The highest BCUT2D eigenvalue weighted by Crippen LogP contribution is 2.61. The van der Waals surface area contributed by atoms with Gasteiger partial charge in [0.1, 0.15) is 36.3 Å². The number of aliphatic hydroxyl groups excluding tert-OH is 3. The Labute approximate surface area is 345 Å². The molecule has 3 rings (SSSR count). The van der Waals surface area contributed by atoms with E-state index in [0.29, 0.717) is 12.8 Å². The minimum Gasteiger partial charge on any atom is -0.481 e. The summed E-state index contributed by atoms with van der Waals surface area (Å²) < 4.78 is 62.1. The highest BCUT2D eigenvalue weighted by Gasteiger charge is 2.50. The van der Waals surface area contributed by atoms with Crippen LogP contribution in [-0.4, -0.2) is 145 Å². The van der Waals surface area contributed by atoms with E-state index in [1.54, 1.807) is 0 Å². The van der Waals surface area contributed by atoms with Crippen LogP contribution in [0.4, 0.5) is 5.82 Å². The molecule has 0 bridgehead atoms.